The van der Waals surface area contributed by atoms with Gasteiger partial charge >= 0.3 is 0 Å². The average molecular weight is 99.1 g/mol. The molecule has 0 saturated carbocycles. The molecule has 0 saturated heterocycles. The zero-order valence-corrected chi connectivity index (χ0v) is 4.56. The van der Waals surface area contributed by atoms with Crippen molar-refractivity contribution in [3.63, 3.8) is 0 Å². The minimum atomic E-state index is 0.662. The fourth-order valence-electron chi connectivity index (χ4n) is 0.176. The Bertz CT molecular complexity index is 86.1. The molecule has 0 atom stereocenters. The molecule has 0 aromatic heterocycles. The summed E-state index contributed by atoms with van der Waals surface area (Å²) in [5, 5.41) is 2.48. The lowest BCUT2D eigenvalue weighted by molar-refractivity contribution is -0.108. The molecule has 2 nitrogen and oxygen atoms in total. The van der Waals surface area contributed by atoms with Gasteiger partial charge in [-0.15, -0.1) is 0 Å². The van der Waals surface area contributed by atoms with Gasteiger partial charge in [-0.25, -0.2) is 0 Å². The van der Waals surface area contributed by atoms with Crippen LogP contribution in [-0.4, -0.2) is 6.41 Å². The normalized spacial score (nSPS) is 10.9. The van der Waals surface area contributed by atoms with Gasteiger partial charge in [0.25, 0.3) is 0 Å². The van der Waals surface area contributed by atoms with Gasteiger partial charge in [0.15, 0.2) is 0 Å². The minimum absolute atomic E-state index is 0.662. The lowest BCUT2D eigenvalue weighted by atomic mass is 10.5. The number of nitrogens with one attached hydrogen (secondary N) is 1. The van der Waals surface area contributed by atoms with Crippen LogP contribution in [0.5, 0.6) is 0 Å². The molecule has 0 unspecified atom stereocenters. The number of hydrogen-bond acceptors (Lipinski definition) is 1. The highest BCUT2D eigenvalue weighted by Crippen LogP contribution is 1.78. The first kappa shape index (κ1) is 6.21. The molecule has 0 aliphatic rings. The molecule has 0 radical (unpaired) electrons. The third-order valence-electron chi connectivity index (χ3n) is 0.720. The zero-order chi connectivity index (χ0) is 5.70. The molecule has 0 bridgehead atoms. The first-order valence-electron chi connectivity index (χ1n) is 2.14. The van der Waals surface area contributed by atoms with Crippen molar-refractivity contribution in [1.29, 1.82) is 0 Å². The van der Waals surface area contributed by atoms with Gasteiger partial charge in [0, 0.05) is 5.70 Å². The second kappa shape index (κ2) is 3.40. The van der Waals surface area contributed by atoms with Crippen LogP contribution >= 0.6 is 0 Å². The van der Waals surface area contributed by atoms with Gasteiger partial charge in [-0.05, 0) is 13.8 Å². The van der Waals surface area contributed by atoms with Crippen LogP contribution in [0.4, 0.5) is 0 Å². The first-order valence-corrected chi connectivity index (χ1v) is 2.14. The summed E-state index contributed by atoms with van der Waals surface area (Å²) >= 11 is 0. The highest BCUT2D eigenvalue weighted by atomic mass is 16.1. The Hall–Kier alpha value is -0.790. The van der Waals surface area contributed by atoms with Crippen LogP contribution in [0.15, 0.2) is 11.8 Å². The van der Waals surface area contributed by atoms with Crippen molar-refractivity contribution >= 4 is 6.41 Å². The van der Waals surface area contributed by atoms with Crippen LogP contribution in [-0.2, 0) is 4.79 Å². The Labute approximate surface area is 43.2 Å². The molecule has 0 spiro atoms. The highest BCUT2D eigenvalue weighted by Gasteiger charge is 1.75. The van der Waals surface area contributed by atoms with Crippen molar-refractivity contribution in [2.24, 2.45) is 0 Å². The Balaban J connectivity index is 3.36. The van der Waals surface area contributed by atoms with Gasteiger partial charge < -0.3 is 5.32 Å². The number of amides is 1. The van der Waals surface area contributed by atoms with E-state index in [1.54, 1.807) is 0 Å². The summed E-state index contributed by atoms with van der Waals surface area (Å²) in [6.07, 6.45) is 2.49. The standard InChI is InChI=1S/C5H9NO/c1-3-5(2)6-4-7/h3-4H,1-2H3,(H,6,7). The van der Waals surface area contributed by atoms with Crippen molar-refractivity contribution < 1.29 is 4.79 Å². The van der Waals surface area contributed by atoms with E-state index >= 15 is 0 Å². The smallest absolute Gasteiger partial charge is 0.211 e. The molecule has 0 aromatic rings. The van der Waals surface area contributed by atoms with Crippen LogP contribution in [0, 0.1) is 0 Å². The van der Waals surface area contributed by atoms with E-state index in [9.17, 15) is 4.79 Å². The quantitative estimate of drug-likeness (QED) is 0.506. The van der Waals surface area contributed by atoms with Crippen molar-refractivity contribution in [2.75, 3.05) is 0 Å². The Kier molecular flexibility index (Phi) is 3.02. The van der Waals surface area contributed by atoms with Crippen molar-refractivity contribution in [3.05, 3.63) is 11.8 Å². The summed E-state index contributed by atoms with van der Waals surface area (Å²) in [6.45, 7) is 3.69. The van der Waals surface area contributed by atoms with Crippen LogP contribution in [0.3, 0.4) is 0 Å². The van der Waals surface area contributed by atoms with Crippen molar-refractivity contribution in [1.82, 2.24) is 5.32 Å². The molecule has 0 aliphatic carbocycles. The van der Waals surface area contributed by atoms with Crippen LogP contribution in [0.1, 0.15) is 13.8 Å². The van der Waals surface area contributed by atoms with Gasteiger partial charge in [0.2, 0.25) is 6.41 Å². The third kappa shape index (κ3) is 3.03. The number of rotatable bonds is 2. The number of carbonyl (C=O) groups is 1. The monoisotopic (exact) mass is 99.1 g/mol. The van der Waals surface area contributed by atoms with Crippen molar-refractivity contribution in [2.45, 2.75) is 13.8 Å². The van der Waals surface area contributed by atoms with E-state index < -0.39 is 0 Å². The molecule has 2 heteroatoms. The van der Waals surface area contributed by atoms with Gasteiger partial charge in [0.1, 0.15) is 0 Å². The molecular weight excluding hydrogens is 90.1 g/mol. The second-order valence-electron chi connectivity index (χ2n) is 1.23. The van der Waals surface area contributed by atoms with Crippen LogP contribution in [0.25, 0.3) is 0 Å². The molecular formula is C5H9NO. The maximum absolute atomic E-state index is 9.62. The molecule has 1 N–H and O–H groups in total. The zero-order valence-electron chi connectivity index (χ0n) is 4.56. The van der Waals surface area contributed by atoms with Crippen LogP contribution < -0.4 is 5.32 Å². The van der Waals surface area contributed by atoms with E-state index in [0.717, 1.165) is 5.70 Å². The molecule has 0 rings (SSSR count). The second-order valence-corrected chi connectivity index (χ2v) is 1.23. The molecule has 7 heavy (non-hydrogen) atoms. The maximum Gasteiger partial charge on any atom is 0.211 e. The fraction of sp³-hybridized carbons (Fsp3) is 0.400. The lowest BCUT2D eigenvalue weighted by Crippen LogP contribution is -2.05. The third-order valence-corrected chi connectivity index (χ3v) is 0.720. The largest absolute Gasteiger partial charge is 0.333 e. The van der Waals surface area contributed by atoms with Gasteiger partial charge in [-0.1, -0.05) is 6.08 Å². The van der Waals surface area contributed by atoms with E-state index in [4.69, 9.17) is 0 Å². The summed E-state index contributed by atoms with van der Waals surface area (Å²) < 4.78 is 0. The van der Waals surface area contributed by atoms with Gasteiger partial charge in [0.05, 0.1) is 0 Å². The Morgan fingerprint density at radius 2 is 2.29 bits per heavy atom. The van der Waals surface area contributed by atoms with E-state index in [-0.39, 0.29) is 0 Å². The highest BCUT2D eigenvalue weighted by molar-refractivity contribution is 5.49. The first-order chi connectivity index (χ1) is 3.31. The molecule has 0 fully saturated rings. The lowest BCUT2D eigenvalue weighted by Gasteiger charge is -1.90. The molecule has 40 valence electrons. The molecule has 1 amide bonds. The number of hydrogen-bond donors (Lipinski definition) is 1. The maximum atomic E-state index is 9.62. The molecule has 0 heterocycles. The minimum Gasteiger partial charge on any atom is -0.333 e. The summed E-state index contributed by atoms with van der Waals surface area (Å²) in [5.74, 6) is 0. The van der Waals surface area contributed by atoms with Gasteiger partial charge in [-0.2, -0.15) is 0 Å². The predicted molar refractivity (Wildman–Crippen MR) is 28.6 cm³/mol. The fourth-order valence-corrected chi connectivity index (χ4v) is 0.176. The Morgan fingerprint density at radius 3 is 2.43 bits per heavy atom. The van der Waals surface area contributed by atoms with Crippen LogP contribution in [0.2, 0.25) is 0 Å². The van der Waals surface area contributed by atoms with Crippen molar-refractivity contribution in [3.8, 4) is 0 Å². The summed E-state index contributed by atoms with van der Waals surface area (Å²) in [7, 11) is 0. The predicted octanol–water partition coefficient (Wildman–Crippen LogP) is 0.656. The van der Waals surface area contributed by atoms with E-state index in [2.05, 4.69) is 5.32 Å². The van der Waals surface area contributed by atoms with Gasteiger partial charge in [-0.3, -0.25) is 4.79 Å². The number of allylic oxidation sites excluding steroid dienone is 2. The summed E-state index contributed by atoms with van der Waals surface area (Å²) in [4.78, 5) is 9.62. The topological polar surface area (TPSA) is 29.1 Å². The molecule has 0 aliphatic heterocycles. The van der Waals surface area contributed by atoms with E-state index in [0.29, 0.717) is 6.41 Å². The van der Waals surface area contributed by atoms with E-state index in [1.807, 2.05) is 19.9 Å². The SMILES string of the molecule is CC=C(C)NC=O. The average Bonchev–Trinajstić information content (AvgIpc) is 1.68. The molecule has 0 aromatic carbocycles. The summed E-state index contributed by atoms with van der Waals surface area (Å²) in [6, 6.07) is 0. The van der Waals surface area contributed by atoms with E-state index in [1.165, 1.54) is 0 Å². The summed E-state index contributed by atoms with van der Waals surface area (Å²) in [5.41, 5.74) is 0.884. The number of carbonyl (C=O) groups excluding carboxylic acids is 1. The Morgan fingerprint density at radius 1 is 1.71 bits per heavy atom.